The summed E-state index contributed by atoms with van der Waals surface area (Å²) in [6.45, 7) is 1.51. The fourth-order valence-corrected chi connectivity index (χ4v) is 4.36. The number of carbonyl (C=O) groups excluding carboxylic acids is 1. The molecule has 2 aromatic rings. The minimum atomic E-state index is -0.373. The van der Waals surface area contributed by atoms with E-state index in [0.717, 1.165) is 50.8 Å². The molecule has 1 aromatic carbocycles. The van der Waals surface area contributed by atoms with Crippen LogP contribution in [0.25, 0.3) is 0 Å². The molecule has 5 nitrogen and oxygen atoms in total. The molecule has 2 heterocycles. The van der Waals surface area contributed by atoms with E-state index < -0.39 is 0 Å². The summed E-state index contributed by atoms with van der Waals surface area (Å²) in [5.41, 5.74) is 0.737. The van der Waals surface area contributed by atoms with E-state index in [2.05, 4.69) is 10.3 Å². The van der Waals surface area contributed by atoms with Crippen molar-refractivity contribution < 1.29 is 4.79 Å². The summed E-state index contributed by atoms with van der Waals surface area (Å²) in [4.78, 5) is 15.4. The van der Waals surface area contributed by atoms with Crippen molar-refractivity contribution in [1.82, 2.24) is 19.9 Å². The van der Waals surface area contributed by atoms with Crippen LogP contribution < -0.4 is 0 Å². The van der Waals surface area contributed by atoms with E-state index >= 15 is 0 Å². The highest BCUT2D eigenvalue weighted by atomic mass is 35.5. The van der Waals surface area contributed by atoms with Crippen LogP contribution in [0.1, 0.15) is 43.7 Å². The van der Waals surface area contributed by atoms with Crippen molar-refractivity contribution in [2.45, 2.75) is 43.6 Å². The topological polar surface area (TPSA) is 51.0 Å². The molecule has 6 heteroatoms. The summed E-state index contributed by atoms with van der Waals surface area (Å²) < 4.78 is 1.87. The third kappa shape index (κ3) is 2.61. The number of halogens is 1. The van der Waals surface area contributed by atoms with Crippen molar-refractivity contribution in [3.8, 4) is 0 Å². The predicted octanol–water partition coefficient (Wildman–Crippen LogP) is 3.22. The van der Waals surface area contributed by atoms with Gasteiger partial charge in [0.1, 0.15) is 0 Å². The first-order valence-corrected chi connectivity index (χ1v) is 8.98. The zero-order valence-corrected chi connectivity index (χ0v) is 14.3. The van der Waals surface area contributed by atoms with Crippen molar-refractivity contribution in [1.29, 1.82) is 0 Å². The molecule has 0 radical (unpaired) electrons. The van der Waals surface area contributed by atoms with Gasteiger partial charge in [-0.2, -0.15) is 0 Å². The van der Waals surface area contributed by atoms with Gasteiger partial charge in [0.25, 0.3) is 0 Å². The van der Waals surface area contributed by atoms with Gasteiger partial charge < -0.3 is 4.90 Å². The molecule has 126 valence electrons. The third-order valence-electron chi connectivity index (χ3n) is 5.53. The maximum absolute atomic E-state index is 13.4. The predicted molar refractivity (Wildman–Crippen MR) is 91.9 cm³/mol. The SMILES string of the molecule is O=C(N1CC[C@@H](n2ccnn2)C1)C1(c2ccc(Cl)cc2)CCCC1. The molecule has 1 atom stereocenters. The largest absolute Gasteiger partial charge is 0.340 e. The molecule has 1 saturated heterocycles. The van der Waals surface area contributed by atoms with Crippen LogP contribution in [0.5, 0.6) is 0 Å². The Labute approximate surface area is 146 Å². The number of benzene rings is 1. The Hall–Kier alpha value is -1.88. The monoisotopic (exact) mass is 344 g/mol. The highest BCUT2D eigenvalue weighted by molar-refractivity contribution is 6.30. The lowest BCUT2D eigenvalue weighted by molar-refractivity contribution is -0.136. The second kappa shape index (κ2) is 6.20. The van der Waals surface area contributed by atoms with E-state index in [0.29, 0.717) is 5.02 Å². The normalized spacial score (nSPS) is 22.9. The van der Waals surface area contributed by atoms with Gasteiger partial charge >= 0.3 is 0 Å². The summed E-state index contributed by atoms with van der Waals surface area (Å²) >= 11 is 6.04. The molecule has 1 saturated carbocycles. The Kier molecular flexibility index (Phi) is 4.04. The van der Waals surface area contributed by atoms with Crippen LogP contribution in [0, 0.1) is 0 Å². The van der Waals surface area contributed by atoms with E-state index in [9.17, 15) is 4.79 Å². The van der Waals surface area contributed by atoms with Crippen LogP contribution in [0.15, 0.2) is 36.7 Å². The van der Waals surface area contributed by atoms with Gasteiger partial charge in [-0.15, -0.1) is 5.10 Å². The summed E-state index contributed by atoms with van der Waals surface area (Å²) in [5, 5.41) is 8.68. The molecule has 1 aromatic heterocycles. The van der Waals surface area contributed by atoms with Crippen molar-refractivity contribution in [3.63, 3.8) is 0 Å². The Morgan fingerprint density at radius 2 is 1.96 bits per heavy atom. The molecule has 1 aliphatic carbocycles. The Morgan fingerprint density at radius 3 is 2.62 bits per heavy atom. The molecule has 0 unspecified atom stereocenters. The van der Waals surface area contributed by atoms with E-state index in [1.807, 2.05) is 40.0 Å². The molecule has 2 fully saturated rings. The van der Waals surface area contributed by atoms with Gasteiger partial charge in [0.05, 0.1) is 17.7 Å². The van der Waals surface area contributed by atoms with Crippen molar-refractivity contribution >= 4 is 17.5 Å². The molecular weight excluding hydrogens is 324 g/mol. The summed E-state index contributed by atoms with van der Waals surface area (Å²) in [6.07, 6.45) is 8.57. The molecule has 0 N–H and O–H groups in total. The summed E-state index contributed by atoms with van der Waals surface area (Å²) in [7, 11) is 0. The molecule has 0 spiro atoms. The maximum Gasteiger partial charge on any atom is 0.233 e. The molecule has 4 rings (SSSR count). The quantitative estimate of drug-likeness (QED) is 0.859. The highest BCUT2D eigenvalue weighted by Gasteiger charge is 2.46. The number of aromatic nitrogens is 3. The van der Waals surface area contributed by atoms with Crippen molar-refractivity contribution in [2.24, 2.45) is 0 Å². The van der Waals surface area contributed by atoms with Crippen LogP contribution in [0.4, 0.5) is 0 Å². The smallest absolute Gasteiger partial charge is 0.233 e. The van der Waals surface area contributed by atoms with E-state index in [-0.39, 0.29) is 17.4 Å². The number of nitrogens with zero attached hydrogens (tertiary/aromatic N) is 4. The molecule has 24 heavy (non-hydrogen) atoms. The van der Waals surface area contributed by atoms with Gasteiger partial charge in [-0.3, -0.25) is 4.79 Å². The van der Waals surface area contributed by atoms with Crippen LogP contribution in [-0.2, 0) is 10.2 Å². The van der Waals surface area contributed by atoms with E-state index in [1.54, 1.807) is 6.20 Å². The molecule has 0 bridgehead atoms. The lowest BCUT2D eigenvalue weighted by Crippen LogP contribution is -2.44. The summed E-state index contributed by atoms with van der Waals surface area (Å²) in [5.74, 6) is 0.268. The average Bonchev–Trinajstić information content (AvgIpc) is 3.34. The fourth-order valence-electron chi connectivity index (χ4n) is 4.23. The van der Waals surface area contributed by atoms with Gasteiger partial charge in [-0.1, -0.05) is 41.8 Å². The first kappa shape index (κ1) is 15.6. The minimum absolute atomic E-state index is 0.236. The first-order chi connectivity index (χ1) is 11.7. The molecular formula is C18H21ClN4O. The number of hydrogen-bond acceptors (Lipinski definition) is 3. The van der Waals surface area contributed by atoms with Gasteiger partial charge in [-0.25, -0.2) is 4.68 Å². The maximum atomic E-state index is 13.4. The highest BCUT2D eigenvalue weighted by Crippen LogP contribution is 2.43. The number of amides is 1. The Balaban J connectivity index is 1.58. The van der Waals surface area contributed by atoms with Gasteiger partial charge in [0.15, 0.2) is 0 Å². The van der Waals surface area contributed by atoms with Crippen molar-refractivity contribution in [3.05, 3.63) is 47.2 Å². The van der Waals surface area contributed by atoms with Crippen LogP contribution >= 0.6 is 11.6 Å². The fraction of sp³-hybridized carbons (Fsp3) is 0.500. The van der Waals surface area contributed by atoms with Crippen LogP contribution in [0.2, 0.25) is 5.02 Å². The number of hydrogen-bond donors (Lipinski definition) is 0. The van der Waals surface area contributed by atoms with Crippen LogP contribution in [0.3, 0.4) is 0 Å². The molecule has 1 aliphatic heterocycles. The number of rotatable bonds is 3. The molecule has 1 amide bonds. The third-order valence-corrected chi connectivity index (χ3v) is 5.78. The minimum Gasteiger partial charge on any atom is -0.340 e. The van der Waals surface area contributed by atoms with Crippen molar-refractivity contribution in [2.75, 3.05) is 13.1 Å². The van der Waals surface area contributed by atoms with Crippen LogP contribution in [-0.4, -0.2) is 38.9 Å². The zero-order chi connectivity index (χ0) is 16.6. The van der Waals surface area contributed by atoms with E-state index in [4.69, 9.17) is 11.6 Å². The van der Waals surface area contributed by atoms with Gasteiger partial charge in [0.2, 0.25) is 5.91 Å². The van der Waals surface area contributed by atoms with Gasteiger partial charge in [-0.05, 0) is 37.0 Å². The summed E-state index contributed by atoms with van der Waals surface area (Å²) in [6, 6.07) is 8.08. The second-order valence-corrected chi connectivity index (χ2v) is 7.31. The molecule has 2 aliphatic rings. The zero-order valence-electron chi connectivity index (χ0n) is 13.6. The number of likely N-dealkylation sites (tertiary alicyclic amines) is 1. The lowest BCUT2D eigenvalue weighted by Gasteiger charge is -2.33. The Bertz CT molecular complexity index is 707. The average molecular weight is 345 g/mol. The Morgan fingerprint density at radius 1 is 1.21 bits per heavy atom. The lowest BCUT2D eigenvalue weighted by atomic mass is 9.77. The van der Waals surface area contributed by atoms with Gasteiger partial charge in [0, 0.05) is 24.3 Å². The standard InChI is InChI=1S/C18H21ClN4O/c19-15-5-3-14(4-6-15)18(8-1-2-9-18)17(24)22-11-7-16(13-22)23-12-10-20-21-23/h3-6,10,12,16H,1-2,7-9,11,13H2/t16-/m1/s1. The van der Waals surface area contributed by atoms with E-state index in [1.165, 1.54) is 0 Å². The first-order valence-electron chi connectivity index (χ1n) is 8.60. The number of carbonyl (C=O) groups is 1. The second-order valence-electron chi connectivity index (χ2n) is 6.87.